The van der Waals surface area contributed by atoms with E-state index in [0.29, 0.717) is 12.0 Å². The molecule has 124 valence electrons. The number of hydrogen-bond donors (Lipinski definition) is 3. The Kier molecular flexibility index (Phi) is 9.01. The van der Waals surface area contributed by atoms with Gasteiger partial charge >= 0.3 is 0 Å². The first-order chi connectivity index (χ1) is 9.65. The van der Waals surface area contributed by atoms with Gasteiger partial charge in [-0.05, 0) is 48.6 Å². The minimum Gasteiger partial charge on any atom is -0.357 e. The Labute approximate surface area is 129 Å². The van der Waals surface area contributed by atoms with Crippen LogP contribution < -0.4 is 16.0 Å². The van der Waals surface area contributed by atoms with Crippen LogP contribution in [0.4, 0.5) is 0 Å². The molecule has 0 fully saturated rings. The molecule has 0 aliphatic carbocycles. The van der Waals surface area contributed by atoms with Crippen molar-refractivity contribution in [2.24, 2.45) is 4.99 Å². The highest BCUT2D eigenvalue weighted by Gasteiger charge is 2.13. The third kappa shape index (κ3) is 11.1. The van der Waals surface area contributed by atoms with Gasteiger partial charge in [0, 0.05) is 31.2 Å². The number of rotatable bonds is 7. The van der Waals surface area contributed by atoms with Crippen LogP contribution in [-0.4, -0.2) is 61.6 Å². The zero-order chi connectivity index (χ0) is 16.5. The van der Waals surface area contributed by atoms with E-state index in [1.54, 1.807) is 0 Å². The first-order valence-corrected chi connectivity index (χ1v) is 7.69. The number of amides is 1. The highest BCUT2D eigenvalue weighted by Crippen LogP contribution is 1.97. The number of nitrogens with zero attached hydrogens (tertiary/aromatic N) is 2. The number of likely N-dealkylation sites (N-methyl/N-ethyl adjacent to an activating group) is 1. The number of hydrogen-bond acceptors (Lipinski definition) is 3. The summed E-state index contributed by atoms with van der Waals surface area (Å²) in [4.78, 5) is 18.3. The number of nitrogens with one attached hydrogen (secondary N) is 3. The van der Waals surface area contributed by atoms with Gasteiger partial charge < -0.3 is 20.9 Å². The molecule has 0 spiro atoms. The van der Waals surface area contributed by atoms with Gasteiger partial charge in [-0.3, -0.25) is 4.79 Å². The van der Waals surface area contributed by atoms with E-state index in [1.807, 2.05) is 27.7 Å². The summed E-state index contributed by atoms with van der Waals surface area (Å²) < 4.78 is 0. The van der Waals surface area contributed by atoms with Gasteiger partial charge in [-0.15, -0.1) is 0 Å². The molecule has 0 aliphatic rings. The molecule has 0 unspecified atom stereocenters. The number of carbonyl (C=O) groups excluding carboxylic acids is 1. The first kappa shape index (κ1) is 19.7. The lowest BCUT2D eigenvalue weighted by molar-refractivity contribution is -0.121. The summed E-state index contributed by atoms with van der Waals surface area (Å²) in [5.74, 6) is 0.609. The first-order valence-electron chi connectivity index (χ1n) is 7.69. The van der Waals surface area contributed by atoms with Gasteiger partial charge in [-0.2, -0.15) is 0 Å². The Hall–Kier alpha value is -1.30. The molecular weight excluding hydrogens is 266 g/mol. The van der Waals surface area contributed by atoms with Crippen LogP contribution in [0.5, 0.6) is 0 Å². The van der Waals surface area contributed by atoms with Crippen molar-refractivity contribution in [3.05, 3.63) is 0 Å². The minimum atomic E-state index is -0.224. The van der Waals surface area contributed by atoms with Gasteiger partial charge in [-0.25, -0.2) is 4.99 Å². The predicted molar refractivity (Wildman–Crippen MR) is 89.6 cm³/mol. The molecule has 0 radical (unpaired) electrons. The fraction of sp³-hybridized carbons (Fsp3) is 0.867. The third-order valence-electron chi connectivity index (χ3n) is 2.88. The van der Waals surface area contributed by atoms with E-state index < -0.39 is 0 Å². The summed E-state index contributed by atoms with van der Waals surface area (Å²) in [5, 5.41) is 9.28. The Morgan fingerprint density at radius 2 is 1.86 bits per heavy atom. The molecule has 0 heterocycles. The molecule has 0 aromatic rings. The van der Waals surface area contributed by atoms with Crippen molar-refractivity contribution in [3.8, 4) is 0 Å². The van der Waals surface area contributed by atoms with E-state index in [2.05, 4.69) is 46.7 Å². The molecular formula is C15H33N5O. The second kappa shape index (κ2) is 9.60. The van der Waals surface area contributed by atoms with Crippen molar-refractivity contribution in [1.29, 1.82) is 0 Å². The minimum absolute atomic E-state index is 0.0704. The van der Waals surface area contributed by atoms with E-state index in [4.69, 9.17) is 0 Å². The topological polar surface area (TPSA) is 68.8 Å². The van der Waals surface area contributed by atoms with Crippen LogP contribution in [0.1, 0.15) is 41.5 Å². The lowest BCUT2D eigenvalue weighted by Crippen LogP contribution is -2.44. The number of guanidine groups is 1. The zero-order valence-electron chi connectivity index (χ0n) is 14.7. The predicted octanol–water partition coefficient (Wildman–Crippen LogP) is 0.796. The van der Waals surface area contributed by atoms with E-state index in [1.165, 1.54) is 0 Å². The zero-order valence-corrected chi connectivity index (χ0v) is 14.7. The largest absolute Gasteiger partial charge is 0.357 e. The maximum absolute atomic E-state index is 11.8. The summed E-state index contributed by atoms with van der Waals surface area (Å²) >= 11 is 0. The van der Waals surface area contributed by atoms with Crippen molar-refractivity contribution >= 4 is 11.9 Å². The van der Waals surface area contributed by atoms with Crippen LogP contribution in [-0.2, 0) is 4.79 Å². The van der Waals surface area contributed by atoms with Gasteiger partial charge in [0.1, 0.15) is 6.54 Å². The average Bonchev–Trinajstić information content (AvgIpc) is 2.33. The van der Waals surface area contributed by atoms with E-state index in [-0.39, 0.29) is 18.0 Å². The van der Waals surface area contributed by atoms with Gasteiger partial charge in [-0.1, -0.05) is 0 Å². The summed E-state index contributed by atoms with van der Waals surface area (Å²) in [5.41, 5.74) is -0.224. The smallest absolute Gasteiger partial charge is 0.242 e. The SMILES string of the molecule is CCNC(=NCC(=O)NC(C)(C)C)NCCN(C)C(C)C. The molecule has 0 saturated carbocycles. The second-order valence-corrected chi connectivity index (χ2v) is 6.49. The molecule has 21 heavy (non-hydrogen) atoms. The Bertz CT molecular complexity index is 333. The Morgan fingerprint density at radius 3 is 2.33 bits per heavy atom. The van der Waals surface area contributed by atoms with Crippen LogP contribution in [0.15, 0.2) is 4.99 Å². The van der Waals surface area contributed by atoms with Crippen LogP contribution >= 0.6 is 0 Å². The van der Waals surface area contributed by atoms with Crippen molar-refractivity contribution < 1.29 is 4.79 Å². The van der Waals surface area contributed by atoms with Crippen LogP contribution in [0, 0.1) is 0 Å². The van der Waals surface area contributed by atoms with Gasteiger partial charge in [0.15, 0.2) is 5.96 Å². The lowest BCUT2D eigenvalue weighted by atomic mass is 10.1. The van der Waals surface area contributed by atoms with Crippen LogP contribution in [0.2, 0.25) is 0 Å². The van der Waals surface area contributed by atoms with E-state index >= 15 is 0 Å². The maximum Gasteiger partial charge on any atom is 0.242 e. The highest BCUT2D eigenvalue weighted by atomic mass is 16.2. The molecule has 3 N–H and O–H groups in total. The maximum atomic E-state index is 11.8. The number of carbonyl (C=O) groups is 1. The summed E-state index contributed by atoms with van der Waals surface area (Å²) in [6.45, 7) is 14.8. The molecule has 6 heteroatoms. The summed E-state index contributed by atoms with van der Waals surface area (Å²) in [7, 11) is 2.09. The Morgan fingerprint density at radius 1 is 1.24 bits per heavy atom. The molecule has 0 aromatic carbocycles. The van der Waals surface area contributed by atoms with E-state index in [9.17, 15) is 4.79 Å². The molecule has 0 aromatic heterocycles. The van der Waals surface area contributed by atoms with E-state index in [0.717, 1.165) is 19.6 Å². The molecule has 0 aliphatic heterocycles. The fourth-order valence-electron chi connectivity index (χ4n) is 1.56. The highest BCUT2D eigenvalue weighted by molar-refractivity contribution is 5.85. The molecule has 0 bridgehead atoms. The van der Waals surface area contributed by atoms with Crippen LogP contribution in [0.25, 0.3) is 0 Å². The quantitative estimate of drug-likeness (QED) is 0.480. The second-order valence-electron chi connectivity index (χ2n) is 6.49. The lowest BCUT2D eigenvalue weighted by Gasteiger charge is -2.22. The van der Waals surface area contributed by atoms with Gasteiger partial charge in [0.25, 0.3) is 0 Å². The fourth-order valence-corrected chi connectivity index (χ4v) is 1.56. The van der Waals surface area contributed by atoms with Gasteiger partial charge in [0.05, 0.1) is 0 Å². The van der Waals surface area contributed by atoms with Gasteiger partial charge in [0.2, 0.25) is 5.91 Å². The number of aliphatic imine (C=N–C) groups is 1. The molecule has 6 nitrogen and oxygen atoms in total. The summed E-state index contributed by atoms with van der Waals surface area (Å²) in [6.07, 6.45) is 0. The van der Waals surface area contributed by atoms with Crippen molar-refractivity contribution in [3.63, 3.8) is 0 Å². The third-order valence-corrected chi connectivity index (χ3v) is 2.88. The molecule has 0 rings (SSSR count). The van der Waals surface area contributed by atoms with Crippen molar-refractivity contribution in [2.75, 3.05) is 33.2 Å². The Balaban J connectivity index is 4.27. The molecule has 1 amide bonds. The molecule has 0 saturated heterocycles. The van der Waals surface area contributed by atoms with Crippen molar-refractivity contribution in [1.82, 2.24) is 20.9 Å². The normalized spacial score (nSPS) is 12.7. The van der Waals surface area contributed by atoms with Crippen molar-refractivity contribution in [2.45, 2.75) is 53.1 Å². The monoisotopic (exact) mass is 299 g/mol. The average molecular weight is 299 g/mol. The standard InChI is InChI=1S/C15H33N5O/c1-8-16-14(17-9-10-20(7)12(2)3)18-11-13(21)19-15(4,5)6/h12H,8-11H2,1-7H3,(H,19,21)(H2,16,17,18). The summed E-state index contributed by atoms with van der Waals surface area (Å²) in [6, 6.07) is 0.517. The molecule has 0 atom stereocenters. The van der Waals surface area contributed by atoms with Crippen LogP contribution in [0.3, 0.4) is 0 Å².